The van der Waals surface area contributed by atoms with Crippen LogP contribution in [0, 0.1) is 0 Å². The quantitative estimate of drug-likeness (QED) is 0.528. The molecular weight excluding hydrogens is 210 g/mol. The average Bonchev–Trinajstić information content (AvgIpc) is 2.31. The summed E-state index contributed by atoms with van der Waals surface area (Å²) in [6.45, 7) is 0. The summed E-state index contributed by atoms with van der Waals surface area (Å²) in [5, 5.41) is 3.40. The lowest BCUT2D eigenvalue weighted by Gasteiger charge is -2.22. The summed E-state index contributed by atoms with van der Waals surface area (Å²) >= 11 is 2.01. The SMILES string of the molecule is NNc1cc(NC2CCSCC2)ncn1. The highest BCUT2D eigenvalue weighted by molar-refractivity contribution is 7.99. The zero-order chi connectivity index (χ0) is 10.5. The molecule has 15 heavy (non-hydrogen) atoms. The minimum Gasteiger partial charge on any atom is -0.367 e. The van der Waals surface area contributed by atoms with Crippen molar-refractivity contribution in [3.63, 3.8) is 0 Å². The molecule has 1 aliphatic heterocycles. The van der Waals surface area contributed by atoms with E-state index in [1.165, 1.54) is 30.7 Å². The number of hydrogen-bond donors (Lipinski definition) is 3. The Hall–Kier alpha value is -1.01. The van der Waals surface area contributed by atoms with Crippen molar-refractivity contribution in [3.8, 4) is 0 Å². The maximum Gasteiger partial charge on any atom is 0.145 e. The first kappa shape index (κ1) is 10.5. The molecule has 82 valence electrons. The Labute approximate surface area is 93.2 Å². The van der Waals surface area contributed by atoms with E-state index >= 15 is 0 Å². The number of rotatable bonds is 3. The third-order valence-electron chi connectivity index (χ3n) is 2.39. The fraction of sp³-hybridized carbons (Fsp3) is 0.556. The molecule has 0 aliphatic carbocycles. The van der Waals surface area contributed by atoms with Gasteiger partial charge in [-0.25, -0.2) is 15.8 Å². The van der Waals surface area contributed by atoms with Gasteiger partial charge in [-0.1, -0.05) is 0 Å². The molecule has 0 aromatic carbocycles. The second kappa shape index (κ2) is 5.18. The summed E-state index contributed by atoms with van der Waals surface area (Å²) in [5.74, 6) is 9.21. The van der Waals surface area contributed by atoms with Crippen molar-refractivity contribution in [1.82, 2.24) is 9.97 Å². The highest BCUT2D eigenvalue weighted by atomic mass is 32.2. The largest absolute Gasteiger partial charge is 0.367 e. The second-order valence-corrected chi connectivity index (χ2v) is 4.69. The van der Waals surface area contributed by atoms with Gasteiger partial charge in [0.25, 0.3) is 0 Å². The van der Waals surface area contributed by atoms with Gasteiger partial charge in [0.1, 0.15) is 18.0 Å². The summed E-state index contributed by atoms with van der Waals surface area (Å²) in [6.07, 6.45) is 3.90. The summed E-state index contributed by atoms with van der Waals surface area (Å²) in [7, 11) is 0. The number of nitrogen functional groups attached to an aromatic ring is 1. The van der Waals surface area contributed by atoms with Crippen molar-refractivity contribution in [2.75, 3.05) is 22.2 Å². The van der Waals surface area contributed by atoms with Crippen LogP contribution in [0.3, 0.4) is 0 Å². The maximum atomic E-state index is 5.28. The van der Waals surface area contributed by atoms with Crippen molar-refractivity contribution < 1.29 is 0 Å². The molecule has 0 unspecified atom stereocenters. The van der Waals surface area contributed by atoms with Crippen LogP contribution in [0.15, 0.2) is 12.4 Å². The lowest BCUT2D eigenvalue weighted by Crippen LogP contribution is -2.25. The minimum absolute atomic E-state index is 0.534. The van der Waals surface area contributed by atoms with Crippen LogP contribution in [0.4, 0.5) is 11.6 Å². The van der Waals surface area contributed by atoms with Crippen LogP contribution in [-0.4, -0.2) is 27.5 Å². The van der Waals surface area contributed by atoms with E-state index < -0.39 is 0 Å². The van der Waals surface area contributed by atoms with Gasteiger partial charge in [-0.2, -0.15) is 11.8 Å². The topological polar surface area (TPSA) is 75.9 Å². The molecule has 0 atom stereocenters. The minimum atomic E-state index is 0.534. The fourth-order valence-corrected chi connectivity index (χ4v) is 2.67. The number of hydrazine groups is 1. The van der Waals surface area contributed by atoms with E-state index in [1.807, 2.05) is 17.8 Å². The molecule has 0 bridgehead atoms. The van der Waals surface area contributed by atoms with Crippen molar-refractivity contribution in [2.45, 2.75) is 18.9 Å². The molecule has 1 aliphatic rings. The summed E-state index contributed by atoms with van der Waals surface area (Å²) in [4.78, 5) is 8.12. The number of nitrogens with two attached hydrogens (primary N) is 1. The lowest BCUT2D eigenvalue weighted by atomic mass is 10.1. The normalized spacial score (nSPS) is 17.4. The van der Waals surface area contributed by atoms with Gasteiger partial charge in [0.05, 0.1) is 0 Å². The van der Waals surface area contributed by atoms with Crippen molar-refractivity contribution >= 4 is 23.4 Å². The van der Waals surface area contributed by atoms with E-state index in [4.69, 9.17) is 5.84 Å². The van der Waals surface area contributed by atoms with E-state index in [9.17, 15) is 0 Å². The molecule has 2 rings (SSSR count). The zero-order valence-corrected chi connectivity index (χ0v) is 9.26. The van der Waals surface area contributed by atoms with Crippen LogP contribution < -0.4 is 16.6 Å². The zero-order valence-electron chi connectivity index (χ0n) is 8.44. The fourth-order valence-electron chi connectivity index (χ4n) is 1.57. The molecule has 0 amide bonds. The molecule has 5 nitrogen and oxygen atoms in total. The summed E-state index contributed by atoms with van der Waals surface area (Å²) in [6, 6.07) is 2.36. The molecule has 1 saturated heterocycles. The third kappa shape index (κ3) is 2.97. The average molecular weight is 225 g/mol. The van der Waals surface area contributed by atoms with E-state index in [1.54, 1.807) is 0 Å². The van der Waals surface area contributed by atoms with Gasteiger partial charge in [0.2, 0.25) is 0 Å². The van der Waals surface area contributed by atoms with E-state index in [2.05, 4.69) is 20.7 Å². The molecule has 2 heterocycles. The Balaban J connectivity index is 1.96. The monoisotopic (exact) mass is 225 g/mol. The van der Waals surface area contributed by atoms with Gasteiger partial charge in [0, 0.05) is 12.1 Å². The number of hydrogen-bond acceptors (Lipinski definition) is 6. The Kier molecular flexibility index (Phi) is 3.63. The van der Waals surface area contributed by atoms with E-state index in [0.29, 0.717) is 11.9 Å². The molecule has 0 saturated carbocycles. The van der Waals surface area contributed by atoms with Gasteiger partial charge in [-0.3, -0.25) is 0 Å². The van der Waals surface area contributed by atoms with Crippen LogP contribution in [0.1, 0.15) is 12.8 Å². The summed E-state index contributed by atoms with van der Waals surface area (Å²) in [5.41, 5.74) is 2.51. The molecule has 0 radical (unpaired) electrons. The molecule has 1 aromatic heterocycles. The van der Waals surface area contributed by atoms with Crippen molar-refractivity contribution in [3.05, 3.63) is 12.4 Å². The number of thioether (sulfide) groups is 1. The van der Waals surface area contributed by atoms with Crippen LogP contribution >= 0.6 is 11.8 Å². The molecule has 1 fully saturated rings. The first-order valence-corrected chi connectivity index (χ1v) is 6.17. The van der Waals surface area contributed by atoms with Crippen LogP contribution in [0.5, 0.6) is 0 Å². The van der Waals surface area contributed by atoms with Gasteiger partial charge in [0.15, 0.2) is 0 Å². The van der Waals surface area contributed by atoms with Crippen molar-refractivity contribution in [2.24, 2.45) is 5.84 Å². The van der Waals surface area contributed by atoms with Gasteiger partial charge < -0.3 is 10.7 Å². The summed E-state index contributed by atoms with van der Waals surface area (Å²) < 4.78 is 0. The number of nitrogens with one attached hydrogen (secondary N) is 2. The van der Waals surface area contributed by atoms with Crippen LogP contribution in [0.2, 0.25) is 0 Å². The van der Waals surface area contributed by atoms with Gasteiger partial charge in [-0.15, -0.1) is 0 Å². The molecule has 6 heteroatoms. The van der Waals surface area contributed by atoms with Gasteiger partial charge in [-0.05, 0) is 24.3 Å². The standard InChI is InChI=1S/C9H15N5S/c10-14-9-5-8(11-6-12-9)13-7-1-3-15-4-2-7/h5-7H,1-4,10H2,(H2,11,12,13,14). The molecule has 0 spiro atoms. The lowest BCUT2D eigenvalue weighted by molar-refractivity contribution is 0.663. The number of nitrogens with zero attached hydrogens (tertiary/aromatic N) is 2. The highest BCUT2D eigenvalue weighted by Gasteiger charge is 2.13. The third-order valence-corrected chi connectivity index (χ3v) is 3.44. The van der Waals surface area contributed by atoms with Gasteiger partial charge >= 0.3 is 0 Å². The van der Waals surface area contributed by atoms with E-state index in [0.717, 1.165) is 5.82 Å². The van der Waals surface area contributed by atoms with Crippen LogP contribution in [0.25, 0.3) is 0 Å². The predicted molar refractivity (Wildman–Crippen MR) is 63.8 cm³/mol. The molecule has 1 aromatic rings. The Morgan fingerprint density at radius 3 is 2.73 bits per heavy atom. The highest BCUT2D eigenvalue weighted by Crippen LogP contribution is 2.20. The Bertz CT molecular complexity index is 313. The van der Waals surface area contributed by atoms with E-state index in [-0.39, 0.29) is 0 Å². The first-order valence-electron chi connectivity index (χ1n) is 5.01. The molecule has 4 N–H and O–H groups in total. The first-order chi connectivity index (χ1) is 7.38. The number of aromatic nitrogens is 2. The predicted octanol–water partition coefficient (Wildman–Crippen LogP) is 1.07. The van der Waals surface area contributed by atoms with Crippen LogP contribution in [-0.2, 0) is 0 Å². The number of anilines is 2. The van der Waals surface area contributed by atoms with Crippen molar-refractivity contribution in [1.29, 1.82) is 0 Å². The Morgan fingerprint density at radius 2 is 2.00 bits per heavy atom. The molecular formula is C9H15N5S. The smallest absolute Gasteiger partial charge is 0.145 e. The maximum absolute atomic E-state index is 5.28. The second-order valence-electron chi connectivity index (χ2n) is 3.46. The Morgan fingerprint density at radius 1 is 1.27 bits per heavy atom.